The highest BCUT2D eigenvalue weighted by atomic mass is 35.5. The lowest BCUT2D eigenvalue weighted by molar-refractivity contribution is 0.0957. The van der Waals surface area contributed by atoms with E-state index in [1.54, 1.807) is 17.8 Å². The minimum absolute atomic E-state index is 0.243. The van der Waals surface area contributed by atoms with Crippen molar-refractivity contribution in [2.24, 2.45) is 5.84 Å². The molecule has 0 aliphatic carbocycles. The van der Waals surface area contributed by atoms with Crippen molar-refractivity contribution in [1.29, 1.82) is 0 Å². The van der Waals surface area contributed by atoms with Gasteiger partial charge in [0, 0.05) is 21.4 Å². The zero-order valence-corrected chi connectivity index (χ0v) is 12.4. The Bertz CT molecular complexity index is 571. The van der Waals surface area contributed by atoms with Crippen molar-refractivity contribution in [2.45, 2.75) is 11.5 Å². The number of rotatable bonds is 5. The molecule has 6 heteroatoms. The van der Waals surface area contributed by atoms with Crippen LogP contribution in [0.3, 0.4) is 0 Å². The molecule has 0 spiro atoms. The summed E-state index contributed by atoms with van der Waals surface area (Å²) in [5.74, 6) is 6.56. The number of carbonyl (C=O) groups excluding carboxylic acids is 1. The van der Waals surface area contributed by atoms with E-state index in [4.69, 9.17) is 17.4 Å². The van der Waals surface area contributed by atoms with Gasteiger partial charge in [-0.1, -0.05) is 29.8 Å². The van der Waals surface area contributed by atoms with Gasteiger partial charge in [0.2, 0.25) is 0 Å². The second kappa shape index (κ2) is 6.96. The maximum Gasteiger partial charge on any atom is 0.275 e. The first-order chi connectivity index (χ1) is 9.20. The number of nitrogens with two attached hydrogens (primary N) is 1. The van der Waals surface area contributed by atoms with Crippen LogP contribution in [0.25, 0.3) is 0 Å². The van der Waals surface area contributed by atoms with E-state index >= 15 is 0 Å². The molecule has 1 heterocycles. The number of halogens is 1. The monoisotopic (exact) mass is 312 g/mol. The molecule has 0 unspecified atom stereocenters. The van der Waals surface area contributed by atoms with Crippen LogP contribution in [-0.4, -0.2) is 5.91 Å². The van der Waals surface area contributed by atoms with Crippen LogP contribution >= 0.6 is 34.7 Å². The first kappa shape index (κ1) is 14.4. The quantitative estimate of drug-likeness (QED) is 0.505. The SMILES string of the molecule is NNC(=O)c1ccc(CSCc2ccccc2Cl)s1. The minimum atomic E-state index is -0.243. The lowest BCUT2D eigenvalue weighted by Gasteiger charge is -2.02. The highest BCUT2D eigenvalue weighted by molar-refractivity contribution is 7.97. The Morgan fingerprint density at radius 2 is 2.05 bits per heavy atom. The molecule has 0 atom stereocenters. The van der Waals surface area contributed by atoms with Crippen LogP contribution in [0.2, 0.25) is 5.02 Å². The zero-order chi connectivity index (χ0) is 13.7. The number of hydrogen-bond acceptors (Lipinski definition) is 4. The average molecular weight is 313 g/mol. The lowest BCUT2D eigenvalue weighted by Crippen LogP contribution is -2.29. The van der Waals surface area contributed by atoms with Gasteiger partial charge in [-0.3, -0.25) is 10.2 Å². The van der Waals surface area contributed by atoms with Gasteiger partial charge in [-0.15, -0.1) is 11.3 Å². The minimum Gasteiger partial charge on any atom is -0.289 e. The summed E-state index contributed by atoms with van der Waals surface area (Å²) in [6.07, 6.45) is 0. The maximum atomic E-state index is 11.3. The van der Waals surface area contributed by atoms with Crippen LogP contribution in [0.1, 0.15) is 20.1 Å². The molecule has 19 heavy (non-hydrogen) atoms. The molecular formula is C13H13ClN2OS2. The largest absolute Gasteiger partial charge is 0.289 e. The van der Waals surface area contributed by atoms with E-state index in [0.29, 0.717) is 4.88 Å². The number of amides is 1. The Morgan fingerprint density at radius 1 is 1.26 bits per heavy atom. The summed E-state index contributed by atoms with van der Waals surface area (Å²) in [5.41, 5.74) is 3.26. The molecule has 2 rings (SSSR count). The third-order valence-corrected chi connectivity index (χ3v) is 5.14. The maximum absolute atomic E-state index is 11.3. The summed E-state index contributed by atoms with van der Waals surface area (Å²) in [5, 5.41) is 0.796. The van der Waals surface area contributed by atoms with Gasteiger partial charge in [-0.25, -0.2) is 5.84 Å². The van der Waals surface area contributed by atoms with Gasteiger partial charge in [0.05, 0.1) is 4.88 Å². The fraction of sp³-hybridized carbons (Fsp3) is 0.154. The van der Waals surface area contributed by atoms with E-state index in [1.165, 1.54) is 11.3 Å². The third kappa shape index (κ3) is 3.98. The molecule has 1 amide bonds. The zero-order valence-electron chi connectivity index (χ0n) is 10.1. The van der Waals surface area contributed by atoms with Crippen LogP contribution in [0.15, 0.2) is 36.4 Å². The molecule has 0 saturated heterocycles. The summed E-state index contributed by atoms with van der Waals surface area (Å²) in [7, 11) is 0. The van der Waals surface area contributed by atoms with E-state index in [0.717, 1.165) is 27.0 Å². The molecule has 100 valence electrons. The van der Waals surface area contributed by atoms with Gasteiger partial charge in [0.1, 0.15) is 0 Å². The van der Waals surface area contributed by atoms with Crippen molar-refractivity contribution in [1.82, 2.24) is 5.43 Å². The summed E-state index contributed by atoms with van der Waals surface area (Å²) in [6.45, 7) is 0. The van der Waals surface area contributed by atoms with Gasteiger partial charge in [-0.05, 0) is 23.8 Å². The Balaban J connectivity index is 1.88. The molecule has 3 N–H and O–H groups in total. The number of nitrogen functional groups attached to an aromatic ring is 1. The Hall–Kier alpha value is -1.01. The first-order valence-corrected chi connectivity index (χ1v) is 7.96. The van der Waals surface area contributed by atoms with Crippen LogP contribution in [-0.2, 0) is 11.5 Å². The van der Waals surface area contributed by atoms with E-state index in [2.05, 4.69) is 5.43 Å². The molecular weight excluding hydrogens is 300 g/mol. The van der Waals surface area contributed by atoms with Gasteiger partial charge in [0.15, 0.2) is 0 Å². The Kier molecular flexibility index (Phi) is 5.27. The van der Waals surface area contributed by atoms with Crippen LogP contribution < -0.4 is 11.3 Å². The lowest BCUT2D eigenvalue weighted by atomic mass is 10.2. The standard InChI is InChI=1S/C13H13ClN2OS2/c14-11-4-2-1-3-9(11)7-18-8-10-5-6-12(19-10)13(17)16-15/h1-6H,7-8,15H2,(H,16,17). The van der Waals surface area contributed by atoms with Crippen molar-refractivity contribution >= 4 is 40.6 Å². The number of thiophene rings is 1. The van der Waals surface area contributed by atoms with E-state index in [9.17, 15) is 4.79 Å². The fourth-order valence-electron chi connectivity index (χ4n) is 1.53. The number of carbonyl (C=O) groups is 1. The van der Waals surface area contributed by atoms with Crippen molar-refractivity contribution in [2.75, 3.05) is 0 Å². The molecule has 0 radical (unpaired) electrons. The number of hydrogen-bond donors (Lipinski definition) is 2. The van der Waals surface area contributed by atoms with E-state index in [-0.39, 0.29) is 5.91 Å². The number of hydrazine groups is 1. The first-order valence-electron chi connectivity index (χ1n) is 5.61. The Morgan fingerprint density at radius 3 is 2.79 bits per heavy atom. The molecule has 0 fully saturated rings. The molecule has 0 saturated carbocycles. The third-order valence-electron chi connectivity index (χ3n) is 2.48. The van der Waals surface area contributed by atoms with E-state index < -0.39 is 0 Å². The molecule has 3 nitrogen and oxygen atoms in total. The van der Waals surface area contributed by atoms with Crippen molar-refractivity contribution in [3.8, 4) is 0 Å². The molecule has 2 aromatic rings. The van der Waals surface area contributed by atoms with Crippen molar-refractivity contribution in [3.63, 3.8) is 0 Å². The molecule has 0 aliphatic rings. The van der Waals surface area contributed by atoms with Gasteiger partial charge in [-0.2, -0.15) is 11.8 Å². The summed E-state index contributed by atoms with van der Waals surface area (Å²) < 4.78 is 0. The molecule has 1 aromatic heterocycles. The highest BCUT2D eigenvalue weighted by Gasteiger charge is 2.07. The number of nitrogens with one attached hydrogen (secondary N) is 1. The summed E-state index contributed by atoms with van der Waals surface area (Å²) >= 11 is 9.32. The second-order valence-electron chi connectivity index (χ2n) is 3.82. The summed E-state index contributed by atoms with van der Waals surface area (Å²) in [6, 6.07) is 11.6. The average Bonchev–Trinajstić information content (AvgIpc) is 2.89. The second-order valence-corrected chi connectivity index (χ2v) is 6.38. The van der Waals surface area contributed by atoms with Crippen LogP contribution in [0.4, 0.5) is 0 Å². The predicted octanol–water partition coefficient (Wildman–Crippen LogP) is 3.44. The van der Waals surface area contributed by atoms with Crippen LogP contribution in [0, 0.1) is 0 Å². The molecule has 1 aromatic carbocycles. The van der Waals surface area contributed by atoms with Gasteiger partial charge < -0.3 is 0 Å². The van der Waals surface area contributed by atoms with Gasteiger partial charge >= 0.3 is 0 Å². The molecule has 0 bridgehead atoms. The smallest absolute Gasteiger partial charge is 0.275 e. The van der Waals surface area contributed by atoms with E-state index in [1.807, 2.05) is 30.3 Å². The van der Waals surface area contributed by atoms with Crippen LogP contribution in [0.5, 0.6) is 0 Å². The van der Waals surface area contributed by atoms with Crippen molar-refractivity contribution < 1.29 is 4.79 Å². The molecule has 0 aliphatic heterocycles. The Labute approximate surface area is 125 Å². The van der Waals surface area contributed by atoms with Crippen molar-refractivity contribution in [3.05, 3.63) is 56.7 Å². The fourth-order valence-corrected chi connectivity index (χ4v) is 3.87. The van der Waals surface area contributed by atoms with Gasteiger partial charge in [0.25, 0.3) is 5.91 Å². The normalized spacial score (nSPS) is 10.4. The highest BCUT2D eigenvalue weighted by Crippen LogP contribution is 2.26. The topological polar surface area (TPSA) is 55.1 Å². The summed E-state index contributed by atoms with van der Waals surface area (Å²) in [4.78, 5) is 13.1. The number of thioether (sulfide) groups is 1. The predicted molar refractivity (Wildman–Crippen MR) is 82.4 cm³/mol. The number of benzene rings is 1.